The van der Waals surface area contributed by atoms with Crippen molar-refractivity contribution in [2.45, 2.75) is 20.3 Å². The largest absolute Gasteiger partial charge is 1.00 e. The van der Waals surface area contributed by atoms with Gasteiger partial charge in [-0.2, -0.15) is 0 Å². The maximum Gasteiger partial charge on any atom is 0.305 e. The average molecular weight is 210 g/mol. The van der Waals surface area contributed by atoms with Crippen LogP contribution in [-0.2, 0) is 9.53 Å². The Morgan fingerprint density at radius 2 is 1.85 bits per heavy atom. The fraction of sp³-hybridized carbons (Fsp3) is 0.889. The number of ether oxygens (including phenoxy) is 1. The number of hydrogen-bond acceptors (Lipinski definition) is 2. The van der Waals surface area contributed by atoms with E-state index in [1.807, 2.05) is 6.92 Å². The van der Waals surface area contributed by atoms with Crippen LogP contribution in [0.4, 0.5) is 0 Å². The van der Waals surface area contributed by atoms with Gasteiger partial charge in [0.25, 0.3) is 0 Å². The molecule has 13 heavy (non-hydrogen) atoms. The highest BCUT2D eigenvalue weighted by molar-refractivity contribution is 5.68. The van der Waals surface area contributed by atoms with Gasteiger partial charge in [-0.25, -0.2) is 0 Å². The summed E-state index contributed by atoms with van der Waals surface area (Å²) in [6.45, 7) is 6.42. The van der Waals surface area contributed by atoms with E-state index in [2.05, 4.69) is 21.0 Å². The van der Waals surface area contributed by atoms with Crippen molar-refractivity contribution in [1.82, 2.24) is 0 Å². The van der Waals surface area contributed by atoms with Gasteiger partial charge in [0.1, 0.15) is 13.2 Å². The average Bonchev–Trinajstić information content (AvgIpc) is 2.04. The van der Waals surface area contributed by atoms with Gasteiger partial charge in [0.15, 0.2) is 0 Å². The summed E-state index contributed by atoms with van der Waals surface area (Å²) >= 11 is 0. The van der Waals surface area contributed by atoms with Crippen molar-refractivity contribution in [2.75, 3.05) is 33.8 Å². The van der Waals surface area contributed by atoms with E-state index >= 15 is 0 Å². The summed E-state index contributed by atoms with van der Waals surface area (Å²) in [4.78, 5) is 10.8. The highest BCUT2D eigenvalue weighted by Gasteiger charge is 2.11. The zero-order valence-corrected chi connectivity index (χ0v) is 9.73. The van der Waals surface area contributed by atoms with Crippen LogP contribution in [0.2, 0.25) is 0 Å². The Balaban J connectivity index is 0. The summed E-state index contributed by atoms with van der Waals surface area (Å²) in [5, 5.41) is 0. The number of quaternary nitrogens is 1. The third kappa shape index (κ3) is 8.06. The second kappa shape index (κ2) is 7.15. The van der Waals surface area contributed by atoms with Gasteiger partial charge >= 0.3 is 5.97 Å². The molecular weight excluding hydrogens is 190 g/mol. The van der Waals surface area contributed by atoms with Crippen LogP contribution in [0.25, 0.3) is 0 Å². The molecule has 80 valence electrons. The zero-order valence-electron chi connectivity index (χ0n) is 8.97. The standard InChI is InChI=1S/C9H20NO2.ClH/c1-5-9(11)12-8-7-10(3,4)6-2;/h5-8H2,1-4H3;1H/q+1;/p-1. The highest BCUT2D eigenvalue weighted by Crippen LogP contribution is 1.95. The molecular formula is C9H20ClNO2. The molecule has 0 aliphatic carbocycles. The molecule has 0 aliphatic rings. The Morgan fingerprint density at radius 1 is 1.31 bits per heavy atom. The van der Waals surface area contributed by atoms with Crippen LogP contribution < -0.4 is 12.4 Å². The van der Waals surface area contributed by atoms with Gasteiger partial charge < -0.3 is 21.6 Å². The quantitative estimate of drug-likeness (QED) is 0.388. The Labute approximate surface area is 87.1 Å². The normalized spacial score (nSPS) is 10.5. The molecule has 0 fully saturated rings. The van der Waals surface area contributed by atoms with Gasteiger partial charge in [0, 0.05) is 6.42 Å². The molecule has 0 saturated carbocycles. The van der Waals surface area contributed by atoms with Gasteiger partial charge in [-0.05, 0) is 6.92 Å². The van der Waals surface area contributed by atoms with Crippen LogP contribution in [0.5, 0.6) is 0 Å². The Kier molecular flexibility index (Phi) is 8.37. The summed E-state index contributed by atoms with van der Waals surface area (Å²) in [5.74, 6) is -0.105. The van der Waals surface area contributed by atoms with Crippen molar-refractivity contribution >= 4 is 5.97 Å². The van der Waals surface area contributed by atoms with Gasteiger partial charge in [-0.15, -0.1) is 0 Å². The molecule has 0 aromatic heterocycles. The van der Waals surface area contributed by atoms with Crippen LogP contribution >= 0.6 is 0 Å². The van der Waals surface area contributed by atoms with Crippen LogP contribution in [0.3, 0.4) is 0 Å². The van der Waals surface area contributed by atoms with E-state index in [0.717, 1.165) is 17.6 Å². The predicted molar refractivity (Wildman–Crippen MR) is 48.8 cm³/mol. The number of carbonyl (C=O) groups is 1. The molecule has 0 aliphatic heterocycles. The zero-order chi connectivity index (χ0) is 9.61. The topological polar surface area (TPSA) is 26.3 Å². The third-order valence-corrected chi connectivity index (χ3v) is 2.10. The molecule has 0 heterocycles. The van der Waals surface area contributed by atoms with Crippen molar-refractivity contribution in [2.24, 2.45) is 0 Å². The molecule has 0 aromatic carbocycles. The maximum atomic E-state index is 10.8. The lowest BCUT2D eigenvalue weighted by Crippen LogP contribution is -3.00. The van der Waals surface area contributed by atoms with E-state index in [4.69, 9.17) is 4.74 Å². The van der Waals surface area contributed by atoms with E-state index in [-0.39, 0.29) is 18.4 Å². The summed E-state index contributed by atoms with van der Waals surface area (Å²) in [6.07, 6.45) is 0.472. The lowest BCUT2D eigenvalue weighted by atomic mass is 10.4. The Hall–Kier alpha value is -0.280. The minimum Gasteiger partial charge on any atom is -1.00 e. The second-order valence-corrected chi connectivity index (χ2v) is 3.55. The van der Waals surface area contributed by atoms with Gasteiger partial charge in [0.2, 0.25) is 0 Å². The molecule has 0 amide bonds. The smallest absolute Gasteiger partial charge is 0.305 e. The van der Waals surface area contributed by atoms with Gasteiger partial charge in [0.05, 0.1) is 20.6 Å². The van der Waals surface area contributed by atoms with Crippen molar-refractivity contribution in [1.29, 1.82) is 0 Å². The number of hydrogen-bond donors (Lipinski definition) is 0. The molecule has 0 aromatic rings. The fourth-order valence-electron chi connectivity index (χ4n) is 0.667. The van der Waals surface area contributed by atoms with Crippen molar-refractivity contribution in [3.63, 3.8) is 0 Å². The minimum absolute atomic E-state index is 0. The van der Waals surface area contributed by atoms with Crippen LogP contribution in [0.15, 0.2) is 0 Å². The first-order valence-corrected chi connectivity index (χ1v) is 4.49. The van der Waals surface area contributed by atoms with E-state index in [1.165, 1.54) is 0 Å². The maximum absolute atomic E-state index is 10.8. The summed E-state index contributed by atoms with van der Waals surface area (Å²) in [6, 6.07) is 0. The summed E-state index contributed by atoms with van der Waals surface area (Å²) in [7, 11) is 4.25. The first-order chi connectivity index (χ1) is 5.52. The number of esters is 1. The Morgan fingerprint density at radius 3 is 2.23 bits per heavy atom. The van der Waals surface area contributed by atoms with Crippen molar-refractivity contribution < 1.29 is 26.4 Å². The second-order valence-electron chi connectivity index (χ2n) is 3.55. The van der Waals surface area contributed by atoms with E-state index in [1.54, 1.807) is 0 Å². The van der Waals surface area contributed by atoms with Crippen LogP contribution in [0.1, 0.15) is 20.3 Å². The fourth-order valence-corrected chi connectivity index (χ4v) is 0.667. The first-order valence-electron chi connectivity index (χ1n) is 4.49. The Bertz CT molecular complexity index is 149. The van der Waals surface area contributed by atoms with Crippen molar-refractivity contribution in [3.05, 3.63) is 0 Å². The predicted octanol–water partition coefficient (Wildman–Crippen LogP) is -1.96. The number of likely N-dealkylation sites (N-methyl/N-ethyl adjacent to an activating group) is 1. The summed E-state index contributed by atoms with van der Waals surface area (Å²) in [5.41, 5.74) is 0. The molecule has 0 radical (unpaired) electrons. The molecule has 0 spiro atoms. The van der Waals surface area contributed by atoms with E-state index in [9.17, 15) is 4.79 Å². The van der Waals surface area contributed by atoms with Gasteiger partial charge in [-0.3, -0.25) is 4.79 Å². The molecule has 3 nitrogen and oxygen atoms in total. The number of nitrogens with zero attached hydrogens (tertiary/aromatic N) is 1. The van der Waals surface area contributed by atoms with E-state index < -0.39 is 0 Å². The number of carbonyl (C=O) groups excluding carboxylic acids is 1. The third-order valence-electron chi connectivity index (χ3n) is 2.10. The molecule has 0 bridgehead atoms. The first kappa shape index (κ1) is 15.2. The van der Waals surface area contributed by atoms with Crippen LogP contribution in [0, 0.1) is 0 Å². The lowest BCUT2D eigenvalue weighted by molar-refractivity contribution is -0.888. The number of rotatable bonds is 5. The molecule has 0 saturated heterocycles. The van der Waals surface area contributed by atoms with E-state index in [0.29, 0.717) is 13.0 Å². The number of halogens is 1. The molecule has 0 unspecified atom stereocenters. The van der Waals surface area contributed by atoms with Gasteiger partial charge in [-0.1, -0.05) is 6.92 Å². The lowest BCUT2D eigenvalue weighted by Gasteiger charge is -2.27. The monoisotopic (exact) mass is 209 g/mol. The molecule has 4 heteroatoms. The SMILES string of the molecule is CCC(=O)OCC[N+](C)(C)CC.[Cl-]. The summed E-state index contributed by atoms with van der Waals surface area (Å²) < 4.78 is 5.87. The molecule has 0 atom stereocenters. The molecule has 0 N–H and O–H groups in total. The molecule has 0 rings (SSSR count). The highest BCUT2D eigenvalue weighted by atomic mass is 35.5. The van der Waals surface area contributed by atoms with Crippen LogP contribution in [-0.4, -0.2) is 44.2 Å². The minimum atomic E-state index is -0.105. The van der Waals surface area contributed by atoms with Crippen molar-refractivity contribution in [3.8, 4) is 0 Å².